The molecule has 3 nitrogen and oxygen atoms in total. The second kappa shape index (κ2) is 5.93. The van der Waals surface area contributed by atoms with Crippen LogP contribution in [0.15, 0.2) is 18.2 Å². The summed E-state index contributed by atoms with van der Waals surface area (Å²) in [7, 11) is 3.54. The van der Waals surface area contributed by atoms with Crippen LogP contribution in [0, 0.1) is 5.82 Å². The third-order valence-electron chi connectivity index (χ3n) is 2.67. The number of benzene rings is 1. The maximum absolute atomic E-state index is 13.2. The maximum atomic E-state index is 13.2. The molecule has 0 aliphatic heterocycles. The predicted octanol–water partition coefficient (Wildman–Crippen LogP) is 1.93. The van der Waals surface area contributed by atoms with Gasteiger partial charge in [-0.15, -0.1) is 0 Å². The molecule has 2 N–H and O–H groups in total. The van der Waals surface area contributed by atoms with Gasteiger partial charge in [-0.1, -0.05) is 12.2 Å². The lowest BCUT2D eigenvalue weighted by atomic mass is 10.1. The van der Waals surface area contributed by atoms with E-state index in [9.17, 15) is 4.39 Å². The molecule has 0 amide bonds. The molecule has 0 heterocycles. The number of nitrogens with zero attached hydrogens (tertiary/aromatic N) is 1. The smallest absolute Gasteiger partial charge is 0.124 e. The summed E-state index contributed by atoms with van der Waals surface area (Å²) in [5.74, 6) is -0.343. The third-order valence-corrected chi connectivity index (χ3v) is 2.89. The highest BCUT2D eigenvalue weighted by Gasteiger charge is 2.15. The monoisotopic (exact) mass is 256 g/mol. The zero-order chi connectivity index (χ0) is 13.0. The average Bonchev–Trinajstić information content (AvgIpc) is 2.28. The Morgan fingerprint density at radius 1 is 1.59 bits per heavy atom. The van der Waals surface area contributed by atoms with Gasteiger partial charge in [0.05, 0.1) is 6.61 Å². The standard InChI is InChI=1S/C12H17FN2OS/c1-8(7-16-3)15(2)11-5-4-9(13)6-10(11)12(14)17/h4-6,8H,7H2,1-3H3,(H2,14,17). The van der Waals surface area contributed by atoms with Crippen LogP contribution in [0.25, 0.3) is 0 Å². The van der Waals surface area contributed by atoms with E-state index in [4.69, 9.17) is 22.7 Å². The summed E-state index contributed by atoms with van der Waals surface area (Å²) in [5.41, 5.74) is 6.96. The van der Waals surface area contributed by atoms with Gasteiger partial charge < -0.3 is 15.4 Å². The van der Waals surface area contributed by atoms with E-state index in [1.807, 2.05) is 18.9 Å². The Morgan fingerprint density at radius 3 is 2.76 bits per heavy atom. The molecule has 94 valence electrons. The van der Waals surface area contributed by atoms with Gasteiger partial charge in [0.1, 0.15) is 10.8 Å². The molecule has 0 aromatic heterocycles. The van der Waals surface area contributed by atoms with E-state index >= 15 is 0 Å². The average molecular weight is 256 g/mol. The van der Waals surface area contributed by atoms with Gasteiger partial charge in [0.15, 0.2) is 0 Å². The quantitative estimate of drug-likeness (QED) is 0.817. The molecular formula is C12H17FN2OS. The van der Waals surface area contributed by atoms with E-state index < -0.39 is 0 Å². The Kier molecular flexibility index (Phi) is 4.84. The molecule has 0 spiro atoms. The van der Waals surface area contributed by atoms with Gasteiger partial charge in [-0.05, 0) is 25.1 Å². The van der Waals surface area contributed by atoms with E-state index in [-0.39, 0.29) is 16.8 Å². The number of methoxy groups -OCH3 is 1. The van der Waals surface area contributed by atoms with Gasteiger partial charge in [-0.3, -0.25) is 0 Å². The zero-order valence-corrected chi connectivity index (χ0v) is 11.1. The number of ether oxygens (including phenoxy) is 1. The van der Waals surface area contributed by atoms with Gasteiger partial charge in [-0.25, -0.2) is 4.39 Å². The van der Waals surface area contributed by atoms with Crippen molar-refractivity contribution in [1.82, 2.24) is 0 Å². The molecule has 5 heteroatoms. The normalized spacial score (nSPS) is 12.2. The van der Waals surface area contributed by atoms with Gasteiger partial charge in [0, 0.05) is 31.5 Å². The van der Waals surface area contributed by atoms with Crippen LogP contribution >= 0.6 is 12.2 Å². The number of hydrogen-bond acceptors (Lipinski definition) is 3. The molecule has 0 saturated heterocycles. The zero-order valence-electron chi connectivity index (χ0n) is 10.2. The summed E-state index contributed by atoms with van der Waals surface area (Å²) in [6.07, 6.45) is 0. The van der Waals surface area contributed by atoms with Crippen molar-refractivity contribution in [2.75, 3.05) is 25.7 Å². The Balaban J connectivity index is 3.08. The molecule has 0 aliphatic rings. The fourth-order valence-corrected chi connectivity index (χ4v) is 1.77. The number of rotatable bonds is 5. The fourth-order valence-electron chi connectivity index (χ4n) is 1.60. The summed E-state index contributed by atoms with van der Waals surface area (Å²) >= 11 is 4.93. The highest BCUT2D eigenvalue weighted by Crippen LogP contribution is 2.22. The number of thiocarbonyl (C=S) groups is 1. The van der Waals surface area contributed by atoms with Crippen LogP contribution in [0.3, 0.4) is 0 Å². The van der Waals surface area contributed by atoms with Crippen LogP contribution in [0.2, 0.25) is 0 Å². The van der Waals surface area contributed by atoms with Crippen molar-refractivity contribution in [2.24, 2.45) is 5.73 Å². The molecule has 1 unspecified atom stereocenters. The van der Waals surface area contributed by atoms with Crippen LogP contribution in [-0.2, 0) is 4.74 Å². The Bertz CT molecular complexity index is 411. The molecule has 0 saturated carbocycles. The van der Waals surface area contributed by atoms with Gasteiger partial charge >= 0.3 is 0 Å². The number of anilines is 1. The first-order chi connectivity index (χ1) is 7.97. The number of halogens is 1. The summed E-state index contributed by atoms with van der Waals surface area (Å²) in [5, 5.41) is 0. The van der Waals surface area contributed by atoms with E-state index in [0.717, 1.165) is 5.69 Å². The highest BCUT2D eigenvalue weighted by molar-refractivity contribution is 7.80. The Labute approximate surface area is 106 Å². The summed E-state index contributed by atoms with van der Waals surface area (Å²) in [6.45, 7) is 2.58. The summed E-state index contributed by atoms with van der Waals surface area (Å²) in [6, 6.07) is 4.58. The molecular weight excluding hydrogens is 239 g/mol. The van der Waals surface area contributed by atoms with Crippen LogP contribution < -0.4 is 10.6 Å². The van der Waals surface area contributed by atoms with Crippen molar-refractivity contribution in [3.8, 4) is 0 Å². The van der Waals surface area contributed by atoms with Gasteiger partial charge in [0.2, 0.25) is 0 Å². The minimum absolute atomic E-state index is 0.151. The molecule has 17 heavy (non-hydrogen) atoms. The van der Waals surface area contributed by atoms with Gasteiger partial charge in [0.25, 0.3) is 0 Å². The minimum atomic E-state index is -0.343. The first kappa shape index (κ1) is 13.9. The molecule has 1 aromatic rings. The van der Waals surface area contributed by atoms with Crippen molar-refractivity contribution in [3.63, 3.8) is 0 Å². The summed E-state index contributed by atoms with van der Waals surface area (Å²) < 4.78 is 18.3. The van der Waals surface area contributed by atoms with Crippen molar-refractivity contribution < 1.29 is 9.13 Å². The van der Waals surface area contributed by atoms with Crippen molar-refractivity contribution in [1.29, 1.82) is 0 Å². The maximum Gasteiger partial charge on any atom is 0.124 e. The number of nitrogens with two attached hydrogens (primary N) is 1. The molecule has 1 rings (SSSR count). The van der Waals surface area contributed by atoms with E-state index in [1.165, 1.54) is 12.1 Å². The molecule has 1 aromatic carbocycles. The molecule has 1 atom stereocenters. The van der Waals surface area contributed by atoms with E-state index in [0.29, 0.717) is 12.2 Å². The summed E-state index contributed by atoms with van der Waals surface area (Å²) in [4.78, 5) is 2.16. The van der Waals surface area contributed by atoms with Crippen LogP contribution in [0.1, 0.15) is 12.5 Å². The SMILES string of the molecule is COCC(C)N(C)c1ccc(F)cc1C(N)=S. The third kappa shape index (κ3) is 3.38. The lowest BCUT2D eigenvalue weighted by molar-refractivity contribution is 0.183. The van der Waals surface area contributed by atoms with Crippen molar-refractivity contribution >= 4 is 22.9 Å². The molecule has 0 fully saturated rings. The largest absolute Gasteiger partial charge is 0.389 e. The minimum Gasteiger partial charge on any atom is -0.389 e. The first-order valence-electron chi connectivity index (χ1n) is 5.28. The topological polar surface area (TPSA) is 38.5 Å². The van der Waals surface area contributed by atoms with Crippen LogP contribution in [0.4, 0.5) is 10.1 Å². The Morgan fingerprint density at radius 2 is 2.24 bits per heavy atom. The Hall–Kier alpha value is -1.20. The first-order valence-corrected chi connectivity index (χ1v) is 5.69. The van der Waals surface area contributed by atoms with Crippen molar-refractivity contribution in [3.05, 3.63) is 29.6 Å². The lowest BCUT2D eigenvalue weighted by Gasteiger charge is -2.28. The van der Waals surface area contributed by atoms with Gasteiger partial charge in [-0.2, -0.15) is 0 Å². The van der Waals surface area contributed by atoms with E-state index in [1.54, 1.807) is 13.2 Å². The number of hydrogen-bond donors (Lipinski definition) is 1. The van der Waals surface area contributed by atoms with Crippen LogP contribution in [0.5, 0.6) is 0 Å². The molecule has 0 radical (unpaired) electrons. The molecule has 0 bridgehead atoms. The highest BCUT2D eigenvalue weighted by atomic mass is 32.1. The van der Waals surface area contributed by atoms with E-state index in [2.05, 4.69) is 0 Å². The molecule has 0 aliphatic carbocycles. The predicted molar refractivity (Wildman–Crippen MR) is 72.0 cm³/mol. The number of likely N-dealkylation sites (N-methyl/N-ethyl adjacent to an activating group) is 1. The second-order valence-corrected chi connectivity index (χ2v) is 4.38. The lowest BCUT2D eigenvalue weighted by Crippen LogP contribution is -2.34. The van der Waals surface area contributed by atoms with Crippen molar-refractivity contribution in [2.45, 2.75) is 13.0 Å². The fraction of sp³-hybridized carbons (Fsp3) is 0.417. The van der Waals surface area contributed by atoms with Crippen LogP contribution in [-0.4, -0.2) is 31.8 Å². The second-order valence-electron chi connectivity index (χ2n) is 3.94.